The smallest absolute Gasteiger partial charge is 0.125 e. The van der Waals surface area contributed by atoms with E-state index in [-0.39, 0.29) is 0 Å². The quantitative estimate of drug-likeness (QED) is 0.820. The molecule has 0 aliphatic heterocycles. The lowest BCUT2D eigenvalue weighted by Gasteiger charge is -2.06. The van der Waals surface area contributed by atoms with Gasteiger partial charge in [-0.3, -0.25) is 0 Å². The number of anilines is 1. The van der Waals surface area contributed by atoms with Crippen LogP contribution in [0.15, 0.2) is 24.3 Å². The Morgan fingerprint density at radius 2 is 1.84 bits per heavy atom. The van der Waals surface area contributed by atoms with Crippen LogP contribution < -0.4 is 5.73 Å². The predicted molar refractivity (Wildman–Crippen MR) is 84.6 cm³/mol. The van der Waals surface area contributed by atoms with Crippen LogP contribution in [-0.2, 0) is 6.42 Å². The van der Waals surface area contributed by atoms with E-state index in [1.807, 2.05) is 18.2 Å². The van der Waals surface area contributed by atoms with Crippen molar-refractivity contribution in [2.45, 2.75) is 40.0 Å². The molecular formula is C16H22N2S. The maximum Gasteiger partial charge on any atom is 0.125 e. The highest BCUT2D eigenvalue weighted by molar-refractivity contribution is 7.15. The molecule has 0 saturated heterocycles. The Balaban J connectivity index is 2.46. The van der Waals surface area contributed by atoms with Crippen molar-refractivity contribution in [3.63, 3.8) is 0 Å². The Morgan fingerprint density at radius 1 is 1.16 bits per heavy atom. The summed E-state index contributed by atoms with van der Waals surface area (Å²) >= 11 is 1.79. The third-order valence-electron chi connectivity index (χ3n) is 3.04. The summed E-state index contributed by atoms with van der Waals surface area (Å²) in [5, 5.41) is 1.05. The van der Waals surface area contributed by atoms with Crippen LogP contribution >= 0.6 is 11.3 Å². The number of hydrogen-bond acceptors (Lipinski definition) is 3. The highest BCUT2D eigenvalue weighted by Gasteiger charge is 2.17. The van der Waals surface area contributed by atoms with Crippen molar-refractivity contribution in [2.24, 2.45) is 5.92 Å². The van der Waals surface area contributed by atoms with Crippen molar-refractivity contribution in [3.8, 4) is 10.6 Å². The van der Waals surface area contributed by atoms with Gasteiger partial charge in [0.15, 0.2) is 0 Å². The third kappa shape index (κ3) is 3.16. The normalized spacial score (nSPS) is 11.5. The van der Waals surface area contributed by atoms with Gasteiger partial charge in [0.2, 0.25) is 0 Å². The van der Waals surface area contributed by atoms with Crippen LogP contribution in [0.4, 0.5) is 5.69 Å². The van der Waals surface area contributed by atoms with Crippen molar-refractivity contribution in [2.75, 3.05) is 5.73 Å². The molecule has 2 rings (SSSR count). The van der Waals surface area contributed by atoms with Crippen LogP contribution in [0, 0.1) is 5.92 Å². The van der Waals surface area contributed by atoms with Crippen LogP contribution in [-0.4, -0.2) is 4.98 Å². The molecule has 2 nitrogen and oxygen atoms in total. The monoisotopic (exact) mass is 274 g/mol. The average Bonchev–Trinajstić information content (AvgIpc) is 2.72. The molecule has 1 aromatic heterocycles. The van der Waals surface area contributed by atoms with Crippen LogP contribution in [0.25, 0.3) is 10.6 Å². The lowest BCUT2D eigenvalue weighted by Crippen LogP contribution is -1.99. The third-order valence-corrected chi connectivity index (χ3v) is 4.48. The van der Waals surface area contributed by atoms with Gasteiger partial charge in [0.05, 0.1) is 5.69 Å². The first-order valence-corrected chi connectivity index (χ1v) is 7.65. The molecule has 0 aliphatic rings. The molecule has 0 aliphatic carbocycles. The molecule has 0 saturated carbocycles. The van der Waals surface area contributed by atoms with E-state index in [0.717, 1.165) is 22.7 Å². The van der Waals surface area contributed by atoms with Crippen molar-refractivity contribution in [1.82, 2.24) is 4.98 Å². The molecule has 0 atom stereocenters. The highest BCUT2D eigenvalue weighted by atomic mass is 32.1. The minimum Gasteiger partial charge on any atom is -0.398 e. The summed E-state index contributed by atoms with van der Waals surface area (Å²) in [4.78, 5) is 6.24. The minimum absolute atomic E-state index is 0.518. The van der Waals surface area contributed by atoms with Gasteiger partial charge < -0.3 is 5.73 Å². The van der Waals surface area contributed by atoms with Crippen LogP contribution in [0.3, 0.4) is 0 Å². The SMILES string of the molecule is CC(C)Cc1nc(-c2ccccc2N)sc1C(C)C. The summed E-state index contributed by atoms with van der Waals surface area (Å²) in [5.74, 6) is 1.14. The summed E-state index contributed by atoms with van der Waals surface area (Å²) in [7, 11) is 0. The summed E-state index contributed by atoms with van der Waals surface area (Å²) in [6, 6.07) is 7.97. The zero-order valence-corrected chi connectivity index (χ0v) is 12.9. The molecule has 0 amide bonds. The number of para-hydroxylation sites is 1. The van der Waals surface area contributed by atoms with Crippen LogP contribution in [0.2, 0.25) is 0 Å². The summed E-state index contributed by atoms with van der Waals surface area (Å²) in [5.41, 5.74) is 9.17. The fraction of sp³-hybridized carbons (Fsp3) is 0.438. The van der Waals surface area contributed by atoms with E-state index in [1.54, 1.807) is 11.3 Å². The maximum absolute atomic E-state index is 6.06. The number of thiazole rings is 1. The molecule has 2 aromatic rings. The number of nitrogen functional groups attached to an aromatic ring is 1. The molecule has 3 heteroatoms. The van der Waals surface area contributed by atoms with E-state index in [0.29, 0.717) is 11.8 Å². The van der Waals surface area contributed by atoms with Gasteiger partial charge in [-0.2, -0.15) is 0 Å². The Bertz CT molecular complexity index is 556. The van der Waals surface area contributed by atoms with Crippen LogP contribution in [0.1, 0.15) is 44.2 Å². The molecule has 0 spiro atoms. The fourth-order valence-electron chi connectivity index (χ4n) is 2.15. The molecule has 0 radical (unpaired) electrons. The van der Waals surface area contributed by atoms with Crippen molar-refractivity contribution >= 4 is 17.0 Å². The Kier molecular flexibility index (Phi) is 4.25. The van der Waals surface area contributed by atoms with E-state index < -0.39 is 0 Å². The van der Waals surface area contributed by atoms with Gasteiger partial charge in [-0.15, -0.1) is 11.3 Å². The molecule has 0 unspecified atom stereocenters. The van der Waals surface area contributed by atoms with Crippen molar-refractivity contribution in [1.29, 1.82) is 0 Å². The lowest BCUT2D eigenvalue weighted by atomic mass is 10.0. The van der Waals surface area contributed by atoms with E-state index in [2.05, 4.69) is 33.8 Å². The van der Waals surface area contributed by atoms with Gasteiger partial charge in [0.25, 0.3) is 0 Å². The Hall–Kier alpha value is -1.35. The molecule has 0 fully saturated rings. The van der Waals surface area contributed by atoms with E-state index in [9.17, 15) is 0 Å². The lowest BCUT2D eigenvalue weighted by molar-refractivity contribution is 0.630. The van der Waals surface area contributed by atoms with Gasteiger partial charge in [-0.05, 0) is 30.4 Å². The number of nitrogens with two attached hydrogens (primary N) is 1. The molecular weight excluding hydrogens is 252 g/mol. The minimum atomic E-state index is 0.518. The van der Waals surface area contributed by atoms with Gasteiger partial charge >= 0.3 is 0 Å². The summed E-state index contributed by atoms with van der Waals surface area (Å²) in [6.07, 6.45) is 1.04. The van der Waals surface area contributed by atoms with Gasteiger partial charge in [-0.25, -0.2) is 4.98 Å². The van der Waals surface area contributed by atoms with Crippen molar-refractivity contribution < 1.29 is 0 Å². The molecule has 1 aromatic carbocycles. The first-order valence-electron chi connectivity index (χ1n) is 6.83. The molecule has 2 N–H and O–H groups in total. The Labute approximate surface area is 119 Å². The van der Waals surface area contributed by atoms with Gasteiger partial charge in [-0.1, -0.05) is 39.8 Å². The molecule has 0 bridgehead atoms. The maximum atomic E-state index is 6.06. The standard InChI is InChI=1S/C16H22N2S/c1-10(2)9-14-15(11(3)4)19-16(18-14)12-7-5-6-8-13(12)17/h5-8,10-11H,9,17H2,1-4H3. The number of aromatic nitrogens is 1. The molecule has 19 heavy (non-hydrogen) atoms. The fourth-order valence-corrected chi connectivity index (χ4v) is 3.30. The number of hydrogen-bond donors (Lipinski definition) is 1. The number of nitrogens with zero attached hydrogens (tertiary/aromatic N) is 1. The second-order valence-corrected chi connectivity index (χ2v) is 6.70. The summed E-state index contributed by atoms with van der Waals surface area (Å²) < 4.78 is 0. The van der Waals surface area contributed by atoms with E-state index >= 15 is 0 Å². The van der Waals surface area contributed by atoms with Crippen LogP contribution in [0.5, 0.6) is 0 Å². The zero-order chi connectivity index (χ0) is 14.0. The predicted octanol–water partition coefficient (Wildman–Crippen LogP) is 4.71. The van der Waals surface area contributed by atoms with Gasteiger partial charge in [0.1, 0.15) is 5.01 Å². The van der Waals surface area contributed by atoms with Gasteiger partial charge in [0, 0.05) is 16.1 Å². The molecule has 102 valence electrons. The topological polar surface area (TPSA) is 38.9 Å². The molecule has 1 heterocycles. The van der Waals surface area contributed by atoms with E-state index in [1.165, 1.54) is 10.6 Å². The largest absolute Gasteiger partial charge is 0.398 e. The van der Waals surface area contributed by atoms with E-state index in [4.69, 9.17) is 10.7 Å². The highest BCUT2D eigenvalue weighted by Crippen LogP contribution is 2.36. The second-order valence-electron chi connectivity index (χ2n) is 5.67. The van der Waals surface area contributed by atoms with Crippen molar-refractivity contribution in [3.05, 3.63) is 34.8 Å². The number of rotatable bonds is 4. The second kappa shape index (κ2) is 5.74. The first kappa shape index (κ1) is 14.1. The number of benzene rings is 1. The average molecular weight is 274 g/mol. The first-order chi connectivity index (χ1) is 8.99. The summed E-state index contributed by atoms with van der Waals surface area (Å²) in [6.45, 7) is 8.94. The Morgan fingerprint density at radius 3 is 2.42 bits per heavy atom. The zero-order valence-electron chi connectivity index (χ0n) is 12.1.